The summed E-state index contributed by atoms with van der Waals surface area (Å²) in [5, 5.41) is 0. The fourth-order valence-corrected chi connectivity index (χ4v) is 1.42. The molecule has 80 valence electrons. The molecule has 1 rings (SSSR count). The molecule has 0 saturated carbocycles. The lowest BCUT2D eigenvalue weighted by atomic mass is 10.0. The van der Waals surface area contributed by atoms with Crippen LogP contribution in [0.4, 0.5) is 0 Å². The van der Waals surface area contributed by atoms with Crippen LogP contribution in [0.25, 0.3) is 0 Å². The normalized spacial score (nSPS) is 9.73. The highest BCUT2D eigenvalue weighted by molar-refractivity contribution is 6.00. The van der Waals surface area contributed by atoms with Crippen LogP contribution in [-0.4, -0.2) is 18.9 Å². The first-order valence-electron chi connectivity index (χ1n) is 4.26. The highest BCUT2D eigenvalue weighted by Gasteiger charge is 2.16. The van der Waals surface area contributed by atoms with Crippen molar-refractivity contribution in [2.45, 2.75) is 6.92 Å². The molecular formula is C10H12N2O3. The van der Waals surface area contributed by atoms with E-state index < -0.39 is 11.8 Å². The molecule has 2 amide bonds. The predicted octanol–water partition coefficient (Wildman–Crippen LogP) is 0.201. The van der Waals surface area contributed by atoms with Crippen molar-refractivity contribution in [2.75, 3.05) is 7.11 Å². The van der Waals surface area contributed by atoms with E-state index >= 15 is 0 Å². The van der Waals surface area contributed by atoms with Gasteiger partial charge in [-0.2, -0.15) is 0 Å². The van der Waals surface area contributed by atoms with Gasteiger partial charge in [-0.1, -0.05) is 0 Å². The van der Waals surface area contributed by atoms with Gasteiger partial charge in [0.15, 0.2) is 0 Å². The summed E-state index contributed by atoms with van der Waals surface area (Å²) in [5.41, 5.74) is 11.4. The van der Waals surface area contributed by atoms with Gasteiger partial charge < -0.3 is 16.2 Å². The van der Waals surface area contributed by atoms with Crippen LogP contribution in [0.15, 0.2) is 12.1 Å². The molecule has 1 aromatic rings. The quantitative estimate of drug-likeness (QED) is 0.742. The minimum atomic E-state index is -0.606. The second kappa shape index (κ2) is 4.00. The summed E-state index contributed by atoms with van der Waals surface area (Å²) >= 11 is 0. The summed E-state index contributed by atoms with van der Waals surface area (Å²) in [5.74, 6) is -0.883. The molecule has 0 radical (unpaired) electrons. The van der Waals surface area contributed by atoms with E-state index in [2.05, 4.69) is 0 Å². The number of ether oxygens (including phenoxy) is 1. The third kappa shape index (κ3) is 1.90. The van der Waals surface area contributed by atoms with Crippen LogP contribution in [0, 0.1) is 6.92 Å². The predicted molar refractivity (Wildman–Crippen MR) is 54.8 cm³/mol. The Kier molecular flexibility index (Phi) is 2.94. The van der Waals surface area contributed by atoms with Crippen molar-refractivity contribution in [3.8, 4) is 5.75 Å². The largest absolute Gasteiger partial charge is 0.496 e. The van der Waals surface area contributed by atoms with Gasteiger partial charge in [0.1, 0.15) is 5.75 Å². The second-order valence-corrected chi connectivity index (χ2v) is 3.05. The van der Waals surface area contributed by atoms with Crippen LogP contribution in [0.3, 0.4) is 0 Å². The Balaban J connectivity index is 3.45. The van der Waals surface area contributed by atoms with Crippen LogP contribution >= 0.6 is 0 Å². The number of benzene rings is 1. The Morgan fingerprint density at radius 1 is 1.13 bits per heavy atom. The number of methoxy groups -OCH3 is 1. The van der Waals surface area contributed by atoms with Crippen LogP contribution in [0.5, 0.6) is 5.75 Å². The summed E-state index contributed by atoms with van der Waals surface area (Å²) in [6.07, 6.45) is 0. The summed E-state index contributed by atoms with van der Waals surface area (Å²) in [6, 6.07) is 2.88. The first kappa shape index (κ1) is 11.0. The number of amides is 2. The van der Waals surface area contributed by atoms with Gasteiger partial charge in [-0.3, -0.25) is 9.59 Å². The van der Waals surface area contributed by atoms with Crippen molar-refractivity contribution in [3.05, 3.63) is 28.8 Å². The maximum atomic E-state index is 11.0. The molecular weight excluding hydrogens is 196 g/mol. The molecule has 1 aromatic carbocycles. The van der Waals surface area contributed by atoms with E-state index in [-0.39, 0.29) is 5.56 Å². The van der Waals surface area contributed by atoms with Gasteiger partial charge in [-0.15, -0.1) is 0 Å². The molecule has 15 heavy (non-hydrogen) atoms. The average molecular weight is 208 g/mol. The fourth-order valence-electron chi connectivity index (χ4n) is 1.42. The Morgan fingerprint density at radius 3 is 2.00 bits per heavy atom. The Bertz CT molecular complexity index is 427. The van der Waals surface area contributed by atoms with Crippen molar-refractivity contribution in [2.24, 2.45) is 11.5 Å². The van der Waals surface area contributed by atoms with Gasteiger partial charge >= 0.3 is 0 Å². The maximum Gasteiger partial charge on any atom is 0.252 e. The van der Waals surface area contributed by atoms with Crippen molar-refractivity contribution in [3.63, 3.8) is 0 Å². The minimum absolute atomic E-state index is 0.236. The molecule has 5 heteroatoms. The lowest BCUT2D eigenvalue weighted by Gasteiger charge is -2.11. The zero-order valence-corrected chi connectivity index (χ0v) is 8.53. The molecule has 0 aliphatic heterocycles. The van der Waals surface area contributed by atoms with Gasteiger partial charge in [0.2, 0.25) is 5.91 Å². The van der Waals surface area contributed by atoms with Gasteiger partial charge in [-0.25, -0.2) is 0 Å². The standard InChI is InChI=1S/C10H12N2O3/c1-5-6(9(11)13)3-4-7(10(12)14)8(5)15-2/h3-4H,1-2H3,(H2,11,13)(H2,12,14). The lowest BCUT2D eigenvalue weighted by molar-refractivity contribution is 0.0985. The molecule has 0 fully saturated rings. The number of carbonyl (C=O) groups is 2. The third-order valence-electron chi connectivity index (χ3n) is 2.14. The first-order chi connectivity index (χ1) is 6.99. The summed E-state index contributed by atoms with van der Waals surface area (Å²) in [7, 11) is 1.40. The van der Waals surface area contributed by atoms with Crippen LogP contribution in [0.1, 0.15) is 26.3 Å². The second-order valence-electron chi connectivity index (χ2n) is 3.05. The van der Waals surface area contributed by atoms with Crippen molar-refractivity contribution >= 4 is 11.8 Å². The Morgan fingerprint density at radius 2 is 1.60 bits per heavy atom. The van der Waals surface area contributed by atoms with Crippen molar-refractivity contribution < 1.29 is 14.3 Å². The van der Waals surface area contributed by atoms with Crippen LogP contribution < -0.4 is 16.2 Å². The van der Waals surface area contributed by atoms with Crippen molar-refractivity contribution in [1.82, 2.24) is 0 Å². The third-order valence-corrected chi connectivity index (χ3v) is 2.14. The van der Waals surface area contributed by atoms with Gasteiger partial charge in [-0.05, 0) is 19.1 Å². The maximum absolute atomic E-state index is 11.0. The number of rotatable bonds is 3. The van der Waals surface area contributed by atoms with E-state index in [1.807, 2.05) is 0 Å². The van der Waals surface area contributed by atoms with Gasteiger partial charge in [0.25, 0.3) is 5.91 Å². The van der Waals surface area contributed by atoms with Crippen LogP contribution in [-0.2, 0) is 0 Å². The molecule has 0 aliphatic carbocycles. The molecule has 0 bridgehead atoms. The molecule has 0 atom stereocenters. The molecule has 5 nitrogen and oxygen atoms in total. The molecule has 0 saturated heterocycles. The highest BCUT2D eigenvalue weighted by Crippen LogP contribution is 2.25. The lowest BCUT2D eigenvalue weighted by Crippen LogP contribution is -2.17. The monoisotopic (exact) mass is 208 g/mol. The number of hydrogen-bond acceptors (Lipinski definition) is 3. The topological polar surface area (TPSA) is 95.4 Å². The van der Waals surface area contributed by atoms with E-state index in [1.54, 1.807) is 6.92 Å². The molecule has 0 unspecified atom stereocenters. The molecule has 0 spiro atoms. The Hall–Kier alpha value is -2.04. The zero-order valence-electron chi connectivity index (χ0n) is 8.53. The van der Waals surface area contributed by atoms with Crippen LogP contribution in [0.2, 0.25) is 0 Å². The van der Waals surface area contributed by atoms with E-state index in [1.165, 1.54) is 19.2 Å². The highest BCUT2D eigenvalue weighted by atomic mass is 16.5. The smallest absolute Gasteiger partial charge is 0.252 e. The van der Waals surface area contributed by atoms with E-state index in [4.69, 9.17) is 16.2 Å². The minimum Gasteiger partial charge on any atom is -0.496 e. The first-order valence-corrected chi connectivity index (χ1v) is 4.26. The number of primary amides is 2. The van der Waals surface area contributed by atoms with Gasteiger partial charge in [0.05, 0.1) is 12.7 Å². The summed E-state index contributed by atoms with van der Waals surface area (Å²) < 4.78 is 5.02. The molecule has 4 N–H and O–H groups in total. The number of carbonyl (C=O) groups excluding carboxylic acids is 2. The van der Waals surface area contributed by atoms with E-state index in [9.17, 15) is 9.59 Å². The summed E-state index contributed by atoms with van der Waals surface area (Å²) in [4.78, 5) is 22.1. The number of nitrogens with two attached hydrogens (primary N) is 2. The average Bonchev–Trinajstić information content (AvgIpc) is 2.16. The van der Waals surface area contributed by atoms with E-state index in [0.717, 1.165) is 0 Å². The van der Waals surface area contributed by atoms with E-state index in [0.29, 0.717) is 16.9 Å². The van der Waals surface area contributed by atoms with Gasteiger partial charge in [0, 0.05) is 11.1 Å². The zero-order chi connectivity index (χ0) is 11.6. The Labute approximate surface area is 87.0 Å². The van der Waals surface area contributed by atoms with Crippen molar-refractivity contribution in [1.29, 1.82) is 0 Å². The summed E-state index contributed by atoms with van der Waals surface area (Å²) in [6.45, 7) is 1.64. The molecule has 0 aromatic heterocycles. The SMILES string of the molecule is COc1c(C(N)=O)ccc(C(N)=O)c1C. The molecule has 0 heterocycles. The molecule has 0 aliphatic rings. The number of hydrogen-bond donors (Lipinski definition) is 2. The fraction of sp³-hybridized carbons (Fsp3) is 0.200.